The third-order valence-electron chi connectivity index (χ3n) is 2.13. The number of nitrogens with one attached hydrogen (secondary N) is 2. The zero-order valence-electron chi connectivity index (χ0n) is 10.1. The van der Waals surface area contributed by atoms with Gasteiger partial charge < -0.3 is 10.6 Å². The standard InChI is InChI=1S/C11H8ClFN4O2S/c1-5(18)14-8-4-6(2-3-7(8)13)15-9(19)10-16-17-11(12)20-10/h2-4H,1H3,(H,14,18)(H,15,19). The van der Waals surface area contributed by atoms with Crippen LogP contribution >= 0.6 is 22.9 Å². The summed E-state index contributed by atoms with van der Waals surface area (Å²) in [5, 5.41) is 12.0. The molecule has 0 aliphatic carbocycles. The van der Waals surface area contributed by atoms with E-state index in [0.717, 1.165) is 17.4 Å². The summed E-state index contributed by atoms with van der Waals surface area (Å²) in [4.78, 5) is 22.7. The normalized spacial score (nSPS) is 10.2. The molecule has 2 amide bonds. The Morgan fingerprint density at radius 2 is 2.05 bits per heavy atom. The number of carbonyl (C=O) groups excluding carboxylic acids is 2. The number of benzene rings is 1. The van der Waals surface area contributed by atoms with Gasteiger partial charge in [-0.05, 0) is 29.8 Å². The summed E-state index contributed by atoms with van der Waals surface area (Å²) in [6.45, 7) is 1.26. The van der Waals surface area contributed by atoms with Crippen molar-refractivity contribution in [2.24, 2.45) is 0 Å². The van der Waals surface area contributed by atoms with E-state index in [9.17, 15) is 14.0 Å². The van der Waals surface area contributed by atoms with E-state index in [1.807, 2.05) is 0 Å². The first-order chi connectivity index (χ1) is 9.45. The number of nitrogens with zero attached hydrogens (tertiary/aromatic N) is 2. The molecule has 1 aromatic heterocycles. The Labute approximate surface area is 122 Å². The second kappa shape index (κ2) is 5.93. The third-order valence-corrected chi connectivity index (χ3v) is 3.15. The SMILES string of the molecule is CC(=O)Nc1cc(NC(=O)c2nnc(Cl)s2)ccc1F. The largest absolute Gasteiger partial charge is 0.324 e. The fourth-order valence-electron chi connectivity index (χ4n) is 1.37. The third kappa shape index (κ3) is 3.49. The molecule has 0 unspecified atom stereocenters. The Balaban J connectivity index is 2.17. The smallest absolute Gasteiger partial charge is 0.286 e. The van der Waals surface area contributed by atoms with Crippen molar-refractivity contribution in [3.8, 4) is 0 Å². The van der Waals surface area contributed by atoms with Crippen LogP contribution in [-0.4, -0.2) is 22.0 Å². The number of aromatic nitrogens is 2. The fourth-order valence-corrected chi connectivity index (χ4v) is 2.09. The van der Waals surface area contributed by atoms with Crippen LogP contribution in [0, 0.1) is 5.82 Å². The first-order valence-corrected chi connectivity index (χ1v) is 6.52. The average Bonchev–Trinajstić information content (AvgIpc) is 2.79. The predicted molar refractivity (Wildman–Crippen MR) is 73.6 cm³/mol. The van der Waals surface area contributed by atoms with Gasteiger partial charge in [0.15, 0.2) is 0 Å². The van der Waals surface area contributed by atoms with E-state index in [1.54, 1.807) is 0 Å². The minimum absolute atomic E-state index is 0.0226. The van der Waals surface area contributed by atoms with Gasteiger partial charge in [-0.25, -0.2) is 4.39 Å². The zero-order valence-corrected chi connectivity index (χ0v) is 11.7. The molecule has 1 heterocycles. The highest BCUT2D eigenvalue weighted by molar-refractivity contribution is 7.17. The lowest BCUT2D eigenvalue weighted by atomic mass is 10.2. The first kappa shape index (κ1) is 14.4. The number of carbonyl (C=O) groups is 2. The quantitative estimate of drug-likeness (QED) is 0.912. The Morgan fingerprint density at radius 3 is 2.65 bits per heavy atom. The van der Waals surface area contributed by atoms with Crippen molar-refractivity contribution in [2.45, 2.75) is 6.92 Å². The molecule has 6 nitrogen and oxygen atoms in total. The Bertz CT molecular complexity index is 676. The molecule has 0 aliphatic rings. The van der Waals surface area contributed by atoms with E-state index in [-0.39, 0.29) is 15.2 Å². The molecule has 104 valence electrons. The van der Waals surface area contributed by atoms with Gasteiger partial charge in [0.2, 0.25) is 15.4 Å². The van der Waals surface area contributed by atoms with E-state index in [0.29, 0.717) is 5.69 Å². The van der Waals surface area contributed by atoms with E-state index < -0.39 is 17.6 Å². The molecule has 2 N–H and O–H groups in total. The van der Waals surface area contributed by atoms with Crippen LogP contribution in [0.4, 0.5) is 15.8 Å². The van der Waals surface area contributed by atoms with Gasteiger partial charge in [0, 0.05) is 12.6 Å². The summed E-state index contributed by atoms with van der Waals surface area (Å²) in [5.74, 6) is -1.53. The van der Waals surface area contributed by atoms with Crippen LogP contribution in [0.5, 0.6) is 0 Å². The molecule has 20 heavy (non-hydrogen) atoms. The van der Waals surface area contributed by atoms with Crippen LogP contribution in [0.25, 0.3) is 0 Å². The number of anilines is 2. The maximum atomic E-state index is 13.4. The molecule has 9 heteroatoms. The monoisotopic (exact) mass is 314 g/mol. The summed E-state index contributed by atoms with van der Waals surface area (Å²) in [5.41, 5.74) is 0.289. The first-order valence-electron chi connectivity index (χ1n) is 5.33. The zero-order chi connectivity index (χ0) is 14.7. The Kier molecular flexibility index (Phi) is 4.26. The van der Waals surface area contributed by atoms with Crippen LogP contribution < -0.4 is 10.6 Å². The molecule has 0 saturated heterocycles. The van der Waals surface area contributed by atoms with Gasteiger partial charge >= 0.3 is 0 Å². The Morgan fingerprint density at radius 1 is 1.30 bits per heavy atom. The second-order valence-electron chi connectivity index (χ2n) is 3.69. The minimum atomic E-state index is -0.600. The molecule has 0 saturated carbocycles. The molecule has 0 aliphatic heterocycles. The predicted octanol–water partition coefficient (Wildman–Crippen LogP) is 2.54. The molecular formula is C11H8ClFN4O2S. The number of halogens is 2. The van der Waals surface area contributed by atoms with Gasteiger partial charge in [-0.2, -0.15) is 0 Å². The van der Waals surface area contributed by atoms with Gasteiger partial charge in [-0.1, -0.05) is 11.3 Å². The van der Waals surface area contributed by atoms with Crippen LogP contribution in [0.2, 0.25) is 4.47 Å². The molecular weight excluding hydrogens is 307 g/mol. The molecule has 0 atom stereocenters. The maximum Gasteiger partial charge on any atom is 0.286 e. The molecule has 2 rings (SSSR count). The van der Waals surface area contributed by atoms with Gasteiger partial charge in [0.25, 0.3) is 5.91 Å². The summed E-state index contributed by atoms with van der Waals surface area (Å²) in [7, 11) is 0. The van der Waals surface area contributed by atoms with E-state index >= 15 is 0 Å². The van der Waals surface area contributed by atoms with E-state index in [4.69, 9.17) is 11.6 Å². The van der Waals surface area contributed by atoms with Crippen LogP contribution in [0.1, 0.15) is 16.7 Å². The summed E-state index contributed by atoms with van der Waals surface area (Å²) in [6, 6.07) is 3.80. The molecule has 0 radical (unpaired) electrons. The number of hydrogen-bond donors (Lipinski definition) is 2. The van der Waals surface area contributed by atoms with Crippen molar-refractivity contribution in [1.29, 1.82) is 0 Å². The van der Waals surface area contributed by atoms with Crippen molar-refractivity contribution in [3.63, 3.8) is 0 Å². The van der Waals surface area contributed by atoms with Crippen LogP contribution in [0.15, 0.2) is 18.2 Å². The molecule has 2 aromatic rings. The van der Waals surface area contributed by atoms with Gasteiger partial charge in [0.05, 0.1) is 5.69 Å². The molecule has 1 aromatic carbocycles. The van der Waals surface area contributed by atoms with Crippen molar-refractivity contribution in [1.82, 2.24) is 10.2 Å². The van der Waals surface area contributed by atoms with Crippen molar-refractivity contribution >= 4 is 46.1 Å². The fraction of sp³-hybridized carbons (Fsp3) is 0.0909. The van der Waals surface area contributed by atoms with Gasteiger partial charge in [-0.3, -0.25) is 9.59 Å². The van der Waals surface area contributed by atoms with Crippen LogP contribution in [-0.2, 0) is 4.79 Å². The highest BCUT2D eigenvalue weighted by Crippen LogP contribution is 2.21. The molecule has 0 fully saturated rings. The second-order valence-corrected chi connectivity index (χ2v) is 5.25. The lowest BCUT2D eigenvalue weighted by molar-refractivity contribution is -0.114. The lowest BCUT2D eigenvalue weighted by Crippen LogP contribution is -2.13. The van der Waals surface area contributed by atoms with Gasteiger partial charge in [-0.15, -0.1) is 10.2 Å². The summed E-state index contributed by atoms with van der Waals surface area (Å²) >= 11 is 6.50. The molecule has 0 bridgehead atoms. The number of amides is 2. The van der Waals surface area contributed by atoms with E-state index in [2.05, 4.69) is 20.8 Å². The van der Waals surface area contributed by atoms with Crippen LogP contribution in [0.3, 0.4) is 0 Å². The number of rotatable bonds is 3. The lowest BCUT2D eigenvalue weighted by Gasteiger charge is -2.07. The van der Waals surface area contributed by atoms with Gasteiger partial charge in [0.1, 0.15) is 5.82 Å². The van der Waals surface area contributed by atoms with Crippen molar-refractivity contribution < 1.29 is 14.0 Å². The summed E-state index contributed by atoms with van der Waals surface area (Å²) in [6.07, 6.45) is 0. The van der Waals surface area contributed by atoms with Crippen molar-refractivity contribution in [2.75, 3.05) is 10.6 Å². The highest BCUT2D eigenvalue weighted by atomic mass is 35.5. The topological polar surface area (TPSA) is 84.0 Å². The number of hydrogen-bond acceptors (Lipinski definition) is 5. The maximum absolute atomic E-state index is 13.4. The Hall–Kier alpha value is -2.06. The minimum Gasteiger partial charge on any atom is -0.324 e. The highest BCUT2D eigenvalue weighted by Gasteiger charge is 2.13. The van der Waals surface area contributed by atoms with E-state index in [1.165, 1.54) is 19.1 Å². The summed E-state index contributed by atoms with van der Waals surface area (Å²) < 4.78 is 13.6. The average molecular weight is 315 g/mol. The van der Waals surface area contributed by atoms with Crippen molar-refractivity contribution in [3.05, 3.63) is 33.5 Å². The molecule has 0 spiro atoms.